The Bertz CT molecular complexity index is 575. The maximum absolute atomic E-state index is 13.3. The first-order valence-electron chi connectivity index (χ1n) is 4.86. The predicted octanol–water partition coefficient (Wildman–Crippen LogP) is 2.59. The lowest BCUT2D eigenvalue weighted by atomic mass is 10.0. The van der Waals surface area contributed by atoms with E-state index >= 15 is 0 Å². The molecular weight excluding hydrogens is 289 g/mol. The summed E-state index contributed by atoms with van der Waals surface area (Å²) in [6.45, 7) is 1.44. The molecule has 0 amide bonds. The van der Waals surface area contributed by atoms with Gasteiger partial charge < -0.3 is 0 Å². The second-order valence-corrected chi connectivity index (χ2v) is 4.35. The summed E-state index contributed by atoms with van der Waals surface area (Å²) in [5.41, 5.74) is 1.50. The van der Waals surface area contributed by atoms with Gasteiger partial charge in [-0.25, -0.2) is 9.07 Å². The van der Waals surface area contributed by atoms with E-state index in [9.17, 15) is 9.18 Å². The molecule has 4 nitrogen and oxygen atoms in total. The van der Waals surface area contributed by atoms with E-state index in [1.54, 1.807) is 7.05 Å². The van der Waals surface area contributed by atoms with Crippen LogP contribution in [-0.4, -0.2) is 20.8 Å². The average Bonchev–Trinajstić information content (AvgIpc) is 2.58. The van der Waals surface area contributed by atoms with Crippen molar-refractivity contribution in [2.45, 2.75) is 6.92 Å². The zero-order valence-corrected chi connectivity index (χ0v) is 10.8. The molecule has 0 fully saturated rings. The zero-order valence-electron chi connectivity index (χ0n) is 9.24. The summed E-state index contributed by atoms with van der Waals surface area (Å²) in [5, 5.41) is 7.63. The van der Waals surface area contributed by atoms with Crippen molar-refractivity contribution in [3.05, 3.63) is 34.2 Å². The minimum Gasteiger partial charge on any atom is -0.294 e. The summed E-state index contributed by atoms with van der Waals surface area (Å²) >= 11 is 3.23. The highest BCUT2D eigenvalue weighted by Gasteiger charge is 2.17. The highest BCUT2D eigenvalue weighted by molar-refractivity contribution is 9.10. The number of aromatic nitrogens is 3. The Morgan fingerprint density at radius 2 is 2.18 bits per heavy atom. The number of aryl methyl sites for hydroxylation is 1. The van der Waals surface area contributed by atoms with E-state index in [-0.39, 0.29) is 5.78 Å². The normalized spacial score (nSPS) is 10.6. The highest BCUT2D eigenvalue weighted by Crippen LogP contribution is 2.29. The maximum Gasteiger partial charge on any atom is 0.160 e. The average molecular weight is 298 g/mol. The van der Waals surface area contributed by atoms with Crippen LogP contribution in [0.2, 0.25) is 0 Å². The lowest BCUT2D eigenvalue weighted by molar-refractivity contribution is 0.101. The van der Waals surface area contributed by atoms with Crippen molar-refractivity contribution >= 4 is 21.7 Å². The molecule has 0 saturated carbocycles. The second kappa shape index (κ2) is 4.37. The van der Waals surface area contributed by atoms with Gasteiger partial charge >= 0.3 is 0 Å². The summed E-state index contributed by atoms with van der Waals surface area (Å²) < 4.78 is 15.3. The van der Waals surface area contributed by atoms with Crippen LogP contribution in [0.4, 0.5) is 4.39 Å². The van der Waals surface area contributed by atoms with Gasteiger partial charge in [-0.05, 0) is 41.1 Å². The molecule has 0 aliphatic heterocycles. The van der Waals surface area contributed by atoms with Gasteiger partial charge in [0.15, 0.2) is 10.4 Å². The quantitative estimate of drug-likeness (QED) is 0.801. The minimum atomic E-state index is -0.405. The molecule has 0 unspecified atom stereocenters. The number of carbonyl (C=O) groups excluding carboxylic acids is 1. The van der Waals surface area contributed by atoms with Crippen molar-refractivity contribution in [2.24, 2.45) is 7.05 Å². The lowest BCUT2D eigenvalue weighted by Crippen LogP contribution is -2.01. The first-order chi connectivity index (χ1) is 8.00. The van der Waals surface area contributed by atoms with E-state index in [4.69, 9.17) is 0 Å². The van der Waals surface area contributed by atoms with E-state index < -0.39 is 5.82 Å². The van der Waals surface area contributed by atoms with Crippen LogP contribution in [0.5, 0.6) is 0 Å². The number of ketones is 1. The molecule has 1 aromatic heterocycles. The first kappa shape index (κ1) is 11.9. The van der Waals surface area contributed by atoms with Crippen molar-refractivity contribution in [3.8, 4) is 11.3 Å². The van der Waals surface area contributed by atoms with Crippen LogP contribution >= 0.6 is 15.9 Å². The lowest BCUT2D eigenvalue weighted by Gasteiger charge is -2.07. The number of rotatable bonds is 2. The van der Waals surface area contributed by atoms with Crippen molar-refractivity contribution in [3.63, 3.8) is 0 Å². The molecular formula is C11H9BrFN3O. The molecule has 17 heavy (non-hydrogen) atoms. The van der Waals surface area contributed by atoms with Crippen molar-refractivity contribution < 1.29 is 9.18 Å². The van der Waals surface area contributed by atoms with Crippen molar-refractivity contribution in [1.29, 1.82) is 0 Å². The van der Waals surface area contributed by atoms with E-state index in [1.807, 2.05) is 0 Å². The zero-order chi connectivity index (χ0) is 12.6. The van der Waals surface area contributed by atoms with E-state index in [1.165, 1.54) is 29.8 Å². The monoisotopic (exact) mass is 297 g/mol. The molecule has 1 aromatic carbocycles. The Hall–Kier alpha value is -1.56. The van der Waals surface area contributed by atoms with E-state index in [2.05, 4.69) is 26.2 Å². The molecule has 88 valence electrons. The number of halogens is 2. The fourth-order valence-electron chi connectivity index (χ4n) is 1.64. The van der Waals surface area contributed by atoms with Gasteiger partial charge in [0.1, 0.15) is 11.5 Å². The topological polar surface area (TPSA) is 47.8 Å². The third-order valence-electron chi connectivity index (χ3n) is 2.40. The molecule has 0 radical (unpaired) electrons. The third-order valence-corrected chi connectivity index (χ3v) is 2.94. The number of Topliss-reactive ketones (excluding diaryl/α,β-unsaturated/α-hetero) is 1. The van der Waals surface area contributed by atoms with Crippen molar-refractivity contribution in [1.82, 2.24) is 15.0 Å². The molecule has 0 aliphatic rings. The molecule has 0 spiro atoms. The molecule has 2 rings (SSSR count). The fraction of sp³-hybridized carbons (Fsp3) is 0.182. The van der Waals surface area contributed by atoms with E-state index in [0.29, 0.717) is 21.4 Å². The Morgan fingerprint density at radius 1 is 1.47 bits per heavy atom. The Morgan fingerprint density at radius 3 is 2.71 bits per heavy atom. The Kier molecular flexibility index (Phi) is 3.06. The van der Waals surface area contributed by atoms with Gasteiger partial charge in [-0.15, -0.1) is 5.10 Å². The van der Waals surface area contributed by atoms with Gasteiger partial charge in [-0.1, -0.05) is 5.21 Å². The molecule has 0 N–H and O–H groups in total. The smallest absolute Gasteiger partial charge is 0.160 e. The summed E-state index contributed by atoms with van der Waals surface area (Å²) in [7, 11) is 1.68. The van der Waals surface area contributed by atoms with Gasteiger partial charge in [-0.3, -0.25) is 4.79 Å². The van der Waals surface area contributed by atoms with Crippen LogP contribution < -0.4 is 0 Å². The van der Waals surface area contributed by atoms with Crippen LogP contribution in [0.1, 0.15) is 17.3 Å². The molecule has 6 heteroatoms. The Labute approximate surface area is 106 Å². The molecule has 0 atom stereocenters. The van der Waals surface area contributed by atoms with Crippen LogP contribution in [0.15, 0.2) is 22.8 Å². The van der Waals surface area contributed by atoms with Gasteiger partial charge in [0, 0.05) is 18.2 Å². The summed E-state index contributed by atoms with van der Waals surface area (Å²) in [4.78, 5) is 11.5. The largest absolute Gasteiger partial charge is 0.294 e. The number of carbonyl (C=O) groups is 1. The summed E-state index contributed by atoms with van der Waals surface area (Å²) in [6.07, 6.45) is 0. The maximum atomic E-state index is 13.3. The molecule has 0 bridgehead atoms. The SMILES string of the molecule is CC(=O)c1ccc(F)cc1-c1c(Br)nnn1C. The van der Waals surface area contributed by atoms with Crippen LogP contribution in [-0.2, 0) is 7.05 Å². The van der Waals surface area contributed by atoms with Crippen molar-refractivity contribution in [2.75, 3.05) is 0 Å². The van der Waals surface area contributed by atoms with E-state index in [0.717, 1.165) is 0 Å². The fourth-order valence-corrected chi connectivity index (χ4v) is 2.18. The molecule has 1 heterocycles. The van der Waals surface area contributed by atoms with Gasteiger partial charge in [-0.2, -0.15) is 0 Å². The molecule has 0 aliphatic carbocycles. The number of nitrogens with zero attached hydrogens (tertiary/aromatic N) is 3. The van der Waals surface area contributed by atoms with Crippen LogP contribution in [0.3, 0.4) is 0 Å². The number of hydrogen-bond acceptors (Lipinski definition) is 3. The number of benzene rings is 1. The Balaban J connectivity index is 2.74. The van der Waals surface area contributed by atoms with Crippen LogP contribution in [0.25, 0.3) is 11.3 Å². The number of hydrogen-bond donors (Lipinski definition) is 0. The summed E-state index contributed by atoms with van der Waals surface area (Å²) in [6, 6.07) is 4.03. The molecule has 2 aromatic rings. The second-order valence-electron chi connectivity index (χ2n) is 3.60. The first-order valence-corrected chi connectivity index (χ1v) is 5.66. The summed E-state index contributed by atoms with van der Waals surface area (Å²) in [5.74, 6) is -0.536. The third kappa shape index (κ3) is 2.12. The highest BCUT2D eigenvalue weighted by atomic mass is 79.9. The van der Waals surface area contributed by atoms with Gasteiger partial charge in [0.2, 0.25) is 0 Å². The minimum absolute atomic E-state index is 0.131. The predicted molar refractivity (Wildman–Crippen MR) is 64.1 cm³/mol. The van der Waals surface area contributed by atoms with Crippen LogP contribution in [0, 0.1) is 5.82 Å². The standard InChI is InChI=1S/C11H9BrFN3O/c1-6(17)8-4-3-7(13)5-9(8)10-11(12)14-15-16(10)2/h3-5H,1-2H3. The molecule has 0 saturated heterocycles. The van der Waals surface area contributed by atoms with Gasteiger partial charge in [0.25, 0.3) is 0 Å². The van der Waals surface area contributed by atoms with Gasteiger partial charge in [0.05, 0.1) is 0 Å².